The predicted molar refractivity (Wildman–Crippen MR) is 150 cm³/mol. The Kier molecular flexibility index (Phi) is 9.82. The van der Waals surface area contributed by atoms with Gasteiger partial charge in [-0.15, -0.1) is 0 Å². The minimum absolute atomic E-state index is 0.161. The lowest BCUT2D eigenvalue weighted by Gasteiger charge is -2.35. The minimum Gasteiger partial charge on any atom is -0.507 e. The fourth-order valence-electron chi connectivity index (χ4n) is 5.25. The van der Waals surface area contributed by atoms with E-state index < -0.39 is 5.41 Å². The number of aryl methyl sites for hydroxylation is 3. The van der Waals surface area contributed by atoms with Gasteiger partial charge in [-0.3, -0.25) is 0 Å². The van der Waals surface area contributed by atoms with Crippen LogP contribution in [0.1, 0.15) is 77.8 Å². The third kappa shape index (κ3) is 5.53. The molecule has 0 heterocycles. The highest BCUT2D eigenvalue weighted by molar-refractivity contribution is 5.59. The molecule has 0 saturated heterocycles. The van der Waals surface area contributed by atoms with Gasteiger partial charge in [-0.2, -0.15) is 0 Å². The maximum absolute atomic E-state index is 11.0. The van der Waals surface area contributed by atoms with Gasteiger partial charge in [0.25, 0.3) is 0 Å². The van der Waals surface area contributed by atoms with Crippen LogP contribution in [0.3, 0.4) is 0 Å². The molecule has 206 valence electrons. The third-order valence-electron chi connectivity index (χ3n) is 7.58. The summed E-state index contributed by atoms with van der Waals surface area (Å²) in [5.74, 6) is 0.751. The van der Waals surface area contributed by atoms with Crippen LogP contribution in [0.4, 0.5) is 0 Å². The summed E-state index contributed by atoms with van der Waals surface area (Å²) in [6, 6.07) is 12.2. The number of benzene rings is 3. The Morgan fingerprint density at radius 1 is 0.500 bits per heavy atom. The van der Waals surface area contributed by atoms with E-state index in [2.05, 4.69) is 25.1 Å². The fourth-order valence-corrected chi connectivity index (χ4v) is 5.25. The normalized spacial score (nSPS) is 13.0. The predicted octanol–water partition coefficient (Wildman–Crippen LogP) is 6.28. The van der Waals surface area contributed by atoms with E-state index >= 15 is 0 Å². The summed E-state index contributed by atoms with van der Waals surface area (Å²) in [6.07, 6.45) is 2.03. The summed E-state index contributed by atoms with van der Waals surface area (Å²) in [6.45, 7) is 9.01. The topological polar surface area (TPSA) is 88.4 Å². The van der Waals surface area contributed by atoms with Crippen molar-refractivity contribution in [1.82, 2.24) is 0 Å². The van der Waals surface area contributed by atoms with Gasteiger partial charge in [0.05, 0.1) is 19.8 Å². The maximum Gasteiger partial charge on any atom is 0.126 e. The van der Waals surface area contributed by atoms with Gasteiger partial charge in [0.2, 0.25) is 0 Å². The lowest BCUT2D eigenvalue weighted by Crippen LogP contribution is -2.27. The van der Waals surface area contributed by atoms with Crippen molar-refractivity contribution in [3.05, 3.63) is 86.5 Å². The monoisotopic (exact) mass is 522 g/mol. The number of hydrogen-bond donors (Lipinski definition) is 3. The Balaban J connectivity index is 2.49. The molecule has 0 fully saturated rings. The summed E-state index contributed by atoms with van der Waals surface area (Å²) in [5, 5.41) is 32.8. The van der Waals surface area contributed by atoms with Crippen molar-refractivity contribution >= 4 is 0 Å². The molecule has 0 bridgehead atoms. The average Bonchev–Trinajstić information content (AvgIpc) is 2.91. The molecule has 6 nitrogen and oxygen atoms in total. The zero-order chi connectivity index (χ0) is 28.0. The van der Waals surface area contributed by atoms with Crippen LogP contribution in [-0.4, -0.2) is 36.6 Å². The average molecular weight is 523 g/mol. The summed E-state index contributed by atoms with van der Waals surface area (Å²) < 4.78 is 16.3. The Hall–Kier alpha value is -3.06. The molecule has 0 amide bonds. The zero-order valence-corrected chi connectivity index (χ0v) is 23.8. The third-order valence-corrected chi connectivity index (χ3v) is 7.58. The highest BCUT2D eigenvalue weighted by Crippen LogP contribution is 2.45. The van der Waals surface area contributed by atoms with Gasteiger partial charge in [0.1, 0.15) is 17.2 Å². The van der Waals surface area contributed by atoms with Gasteiger partial charge in [0.15, 0.2) is 0 Å². The van der Waals surface area contributed by atoms with Crippen molar-refractivity contribution in [1.29, 1.82) is 0 Å². The molecular weight excluding hydrogens is 480 g/mol. The van der Waals surface area contributed by atoms with Crippen LogP contribution >= 0.6 is 0 Å². The van der Waals surface area contributed by atoms with Gasteiger partial charge in [-0.05, 0) is 77.8 Å². The molecule has 0 saturated carbocycles. The van der Waals surface area contributed by atoms with Crippen LogP contribution in [-0.2, 0) is 58.7 Å². The molecule has 3 aromatic rings. The van der Waals surface area contributed by atoms with Crippen molar-refractivity contribution in [2.45, 2.75) is 72.2 Å². The quantitative estimate of drug-likeness (QED) is 0.243. The van der Waals surface area contributed by atoms with Crippen molar-refractivity contribution in [3.8, 4) is 17.2 Å². The number of methoxy groups -OCH3 is 3. The standard InChI is InChI=1S/C32H42O6/c1-8-20-11-26(12-21(9-2)29(20)33)32(4,27-13-22(10-3)30(34)23(14-27)17-36-5)28-15-24(18-37-6)31(35)25(16-28)19-38-7/h11-16,33-35H,8-10,17-19H2,1-7H3. The summed E-state index contributed by atoms with van der Waals surface area (Å²) >= 11 is 0. The van der Waals surface area contributed by atoms with Crippen LogP contribution in [0.25, 0.3) is 0 Å². The Morgan fingerprint density at radius 3 is 1.00 bits per heavy atom. The van der Waals surface area contributed by atoms with E-state index in [0.717, 1.165) is 33.4 Å². The van der Waals surface area contributed by atoms with Gasteiger partial charge < -0.3 is 29.5 Å². The summed E-state index contributed by atoms with van der Waals surface area (Å²) in [4.78, 5) is 0. The molecule has 0 aliphatic heterocycles. The van der Waals surface area contributed by atoms with E-state index in [1.54, 1.807) is 21.3 Å². The van der Waals surface area contributed by atoms with Crippen molar-refractivity contribution in [3.63, 3.8) is 0 Å². The van der Waals surface area contributed by atoms with Gasteiger partial charge in [0, 0.05) is 43.4 Å². The van der Waals surface area contributed by atoms with Gasteiger partial charge in [-0.25, -0.2) is 0 Å². The van der Waals surface area contributed by atoms with Crippen LogP contribution in [0.2, 0.25) is 0 Å². The molecule has 3 rings (SSSR count). The zero-order valence-electron chi connectivity index (χ0n) is 23.8. The van der Waals surface area contributed by atoms with Crippen LogP contribution < -0.4 is 0 Å². The largest absolute Gasteiger partial charge is 0.507 e. The van der Waals surface area contributed by atoms with Crippen LogP contribution in [0, 0.1) is 0 Å². The molecule has 0 spiro atoms. The molecule has 38 heavy (non-hydrogen) atoms. The molecule has 1 atom stereocenters. The van der Waals surface area contributed by atoms with Crippen molar-refractivity contribution < 1.29 is 29.5 Å². The molecule has 1 unspecified atom stereocenters. The SMILES string of the molecule is CCc1cc(C(C)(c2cc(CC)c(O)c(COC)c2)c2cc(COC)c(O)c(COC)c2)cc(CC)c1O. The number of hydrogen-bond acceptors (Lipinski definition) is 6. The van der Waals surface area contributed by atoms with Gasteiger partial charge in [-0.1, -0.05) is 39.0 Å². The first-order chi connectivity index (χ1) is 18.2. The lowest BCUT2D eigenvalue weighted by molar-refractivity contribution is 0.174. The van der Waals surface area contributed by atoms with Crippen molar-refractivity contribution in [2.24, 2.45) is 0 Å². The first-order valence-electron chi connectivity index (χ1n) is 13.2. The van der Waals surface area contributed by atoms with E-state index in [-0.39, 0.29) is 31.3 Å². The first-order valence-corrected chi connectivity index (χ1v) is 13.2. The smallest absolute Gasteiger partial charge is 0.126 e. The van der Waals surface area contributed by atoms with E-state index in [4.69, 9.17) is 14.2 Å². The second-order valence-corrected chi connectivity index (χ2v) is 9.91. The number of rotatable bonds is 12. The molecule has 0 aliphatic rings. The van der Waals surface area contributed by atoms with E-state index in [0.29, 0.717) is 41.7 Å². The fraction of sp³-hybridized carbons (Fsp3) is 0.438. The number of phenolic OH excluding ortho intramolecular Hbond substituents is 3. The highest BCUT2D eigenvalue weighted by atomic mass is 16.5. The summed E-state index contributed by atoms with van der Waals surface area (Å²) in [7, 11) is 4.83. The number of ether oxygens (including phenoxy) is 3. The Bertz CT molecular complexity index is 1210. The lowest BCUT2D eigenvalue weighted by atomic mass is 9.68. The van der Waals surface area contributed by atoms with Crippen LogP contribution in [0.5, 0.6) is 17.2 Å². The summed E-state index contributed by atoms with van der Waals surface area (Å²) in [5.41, 5.74) is 6.87. The minimum atomic E-state index is -0.708. The highest BCUT2D eigenvalue weighted by Gasteiger charge is 2.35. The molecule has 3 N–H and O–H groups in total. The molecular formula is C32H42O6. The molecule has 6 heteroatoms. The maximum atomic E-state index is 11.0. The number of phenols is 3. The second-order valence-electron chi connectivity index (χ2n) is 9.91. The van der Waals surface area contributed by atoms with E-state index in [9.17, 15) is 15.3 Å². The number of aromatic hydroxyl groups is 3. The van der Waals surface area contributed by atoms with Gasteiger partial charge >= 0.3 is 0 Å². The molecule has 0 aromatic heterocycles. The van der Waals surface area contributed by atoms with E-state index in [1.807, 2.05) is 39.0 Å². The molecule has 0 radical (unpaired) electrons. The molecule has 3 aromatic carbocycles. The van der Waals surface area contributed by atoms with Crippen molar-refractivity contribution in [2.75, 3.05) is 21.3 Å². The molecule has 0 aliphatic carbocycles. The van der Waals surface area contributed by atoms with E-state index in [1.165, 1.54) is 0 Å². The Morgan fingerprint density at radius 2 is 0.737 bits per heavy atom. The second kappa shape index (κ2) is 12.7. The van der Waals surface area contributed by atoms with Crippen LogP contribution in [0.15, 0.2) is 36.4 Å². The Labute approximate surface area is 226 Å². The first kappa shape index (κ1) is 29.5.